The smallest absolute Gasteiger partial charge is 0.257 e. The van der Waals surface area contributed by atoms with Crippen LogP contribution in [-0.4, -0.2) is 48.5 Å². The predicted octanol–water partition coefficient (Wildman–Crippen LogP) is 3.63. The van der Waals surface area contributed by atoms with E-state index in [1.54, 1.807) is 6.20 Å². The minimum Gasteiger partial charge on any atom is -0.367 e. The van der Waals surface area contributed by atoms with Crippen LogP contribution in [0.1, 0.15) is 17.3 Å². The monoisotopic (exact) mass is 360 g/mol. The third kappa shape index (κ3) is 3.64. The maximum atomic E-state index is 13.0. The van der Waals surface area contributed by atoms with Gasteiger partial charge in [0.25, 0.3) is 5.91 Å². The zero-order chi connectivity index (χ0) is 18.6. The number of fused-ring (bicyclic) bond motifs is 1. The van der Waals surface area contributed by atoms with Gasteiger partial charge in [0.1, 0.15) is 0 Å². The average molecular weight is 360 g/mol. The molecule has 2 heterocycles. The first kappa shape index (κ1) is 17.5. The number of rotatable bonds is 4. The van der Waals surface area contributed by atoms with Crippen molar-refractivity contribution < 1.29 is 4.79 Å². The highest BCUT2D eigenvalue weighted by Crippen LogP contribution is 2.28. The maximum Gasteiger partial charge on any atom is 0.257 e. The number of anilines is 2. The molecule has 1 N–H and O–H groups in total. The van der Waals surface area contributed by atoms with Gasteiger partial charge in [0.15, 0.2) is 0 Å². The molecule has 2 aromatic carbocycles. The Balaban J connectivity index is 1.59. The molecular weight excluding hydrogens is 336 g/mol. The molecule has 1 saturated heterocycles. The van der Waals surface area contributed by atoms with Gasteiger partial charge in [-0.25, -0.2) is 0 Å². The Bertz CT molecular complexity index is 942. The lowest BCUT2D eigenvalue weighted by atomic mass is 10.1. The number of aromatic nitrogens is 1. The van der Waals surface area contributed by atoms with Crippen molar-refractivity contribution >= 4 is 28.2 Å². The number of carbonyl (C=O) groups excluding carboxylic acids is 1. The molecule has 1 aromatic heterocycles. The van der Waals surface area contributed by atoms with Crippen LogP contribution in [0.4, 0.5) is 11.4 Å². The third-order valence-electron chi connectivity index (χ3n) is 5.19. The number of hydrogen-bond acceptors (Lipinski definition) is 4. The third-order valence-corrected chi connectivity index (χ3v) is 5.19. The highest BCUT2D eigenvalue weighted by atomic mass is 16.1. The molecule has 1 aliphatic heterocycles. The summed E-state index contributed by atoms with van der Waals surface area (Å²) in [6.45, 7) is 7.31. The van der Waals surface area contributed by atoms with Gasteiger partial charge in [-0.15, -0.1) is 0 Å². The van der Waals surface area contributed by atoms with Crippen molar-refractivity contribution in [3.8, 4) is 0 Å². The molecule has 5 heteroatoms. The molecule has 4 rings (SSSR count). The minimum absolute atomic E-state index is 0.126. The van der Waals surface area contributed by atoms with Crippen LogP contribution in [0.25, 0.3) is 10.9 Å². The van der Waals surface area contributed by atoms with E-state index in [2.05, 4.69) is 33.1 Å². The Morgan fingerprint density at radius 1 is 1.00 bits per heavy atom. The number of piperazine rings is 1. The molecular formula is C22H24N4O. The average Bonchev–Trinajstić information content (AvgIpc) is 2.74. The largest absolute Gasteiger partial charge is 0.367 e. The van der Waals surface area contributed by atoms with E-state index in [-0.39, 0.29) is 5.91 Å². The normalized spacial score (nSPS) is 15.1. The molecule has 1 amide bonds. The summed E-state index contributed by atoms with van der Waals surface area (Å²) in [6.07, 6.45) is 1.72. The molecule has 0 saturated carbocycles. The van der Waals surface area contributed by atoms with Gasteiger partial charge in [0.2, 0.25) is 0 Å². The van der Waals surface area contributed by atoms with Crippen molar-refractivity contribution in [2.24, 2.45) is 0 Å². The summed E-state index contributed by atoms with van der Waals surface area (Å²) in [6, 6.07) is 17.6. The Kier molecular flexibility index (Phi) is 5.03. The van der Waals surface area contributed by atoms with Gasteiger partial charge in [0, 0.05) is 37.8 Å². The number of likely N-dealkylation sites (N-methyl/N-ethyl adjacent to an activating group) is 1. The summed E-state index contributed by atoms with van der Waals surface area (Å²) in [5.41, 5.74) is 3.25. The summed E-state index contributed by atoms with van der Waals surface area (Å²) in [5.74, 6) is -0.126. The number of para-hydroxylation sites is 3. The molecule has 0 unspecified atom stereocenters. The molecule has 0 atom stereocenters. The maximum absolute atomic E-state index is 13.0. The molecule has 3 aromatic rings. The molecule has 0 spiro atoms. The summed E-state index contributed by atoms with van der Waals surface area (Å²) in [7, 11) is 0. The topological polar surface area (TPSA) is 48.5 Å². The second-order valence-electron chi connectivity index (χ2n) is 6.77. The number of nitrogens with one attached hydrogen (secondary N) is 1. The second kappa shape index (κ2) is 7.76. The number of hydrogen-bond donors (Lipinski definition) is 1. The lowest BCUT2D eigenvalue weighted by molar-refractivity contribution is 0.102. The van der Waals surface area contributed by atoms with Gasteiger partial charge >= 0.3 is 0 Å². The lowest BCUT2D eigenvalue weighted by Gasteiger charge is -2.36. The van der Waals surface area contributed by atoms with Crippen LogP contribution >= 0.6 is 0 Å². The molecule has 27 heavy (non-hydrogen) atoms. The predicted molar refractivity (Wildman–Crippen MR) is 110 cm³/mol. The molecule has 1 aliphatic rings. The molecule has 1 fully saturated rings. The van der Waals surface area contributed by atoms with E-state index in [0.717, 1.165) is 55.0 Å². The summed E-state index contributed by atoms with van der Waals surface area (Å²) in [5, 5.41) is 4.07. The summed E-state index contributed by atoms with van der Waals surface area (Å²) >= 11 is 0. The van der Waals surface area contributed by atoms with E-state index in [1.807, 2.05) is 48.5 Å². The van der Waals surface area contributed by atoms with E-state index in [9.17, 15) is 4.79 Å². The first-order chi connectivity index (χ1) is 13.3. The van der Waals surface area contributed by atoms with Crippen molar-refractivity contribution in [3.63, 3.8) is 0 Å². The van der Waals surface area contributed by atoms with Crippen LogP contribution in [0, 0.1) is 0 Å². The second-order valence-corrected chi connectivity index (χ2v) is 6.77. The zero-order valence-electron chi connectivity index (χ0n) is 15.6. The van der Waals surface area contributed by atoms with Gasteiger partial charge in [0.05, 0.1) is 22.5 Å². The number of amides is 1. The quantitative estimate of drug-likeness (QED) is 0.772. The molecule has 0 bridgehead atoms. The fourth-order valence-electron chi connectivity index (χ4n) is 3.64. The fourth-order valence-corrected chi connectivity index (χ4v) is 3.64. The number of benzene rings is 2. The Morgan fingerprint density at radius 2 is 1.78 bits per heavy atom. The van der Waals surface area contributed by atoms with Crippen molar-refractivity contribution in [1.82, 2.24) is 9.88 Å². The van der Waals surface area contributed by atoms with Crippen LogP contribution in [0.2, 0.25) is 0 Å². The lowest BCUT2D eigenvalue weighted by Crippen LogP contribution is -2.46. The first-order valence-electron chi connectivity index (χ1n) is 9.47. The van der Waals surface area contributed by atoms with E-state index in [1.165, 1.54) is 0 Å². The molecule has 138 valence electrons. The van der Waals surface area contributed by atoms with Crippen molar-refractivity contribution in [2.45, 2.75) is 6.92 Å². The van der Waals surface area contributed by atoms with Crippen LogP contribution in [0.3, 0.4) is 0 Å². The van der Waals surface area contributed by atoms with E-state index in [0.29, 0.717) is 5.56 Å². The Hall–Kier alpha value is -2.92. The van der Waals surface area contributed by atoms with Crippen LogP contribution in [0.15, 0.2) is 60.8 Å². The van der Waals surface area contributed by atoms with Gasteiger partial charge in [-0.3, -0.25) is 9.78 Å². The highest BCUT2D eigenvalue weighted by molar-refractivity contribution is 6.12. The zero-order valence-corrected chi connectivity index (χ0v) is 15.6. The van der Waals surface area contributed by atoms with Crippen molar-refractivity contribution in [1.29, 1.82) is 0 Å². The van der Waals surface area contributed by atoms with Gasteiger partial charge in [-0.1, -0.05) is 37.3 Å². The van der Waals surface area contributed by atoms with Gasteiger partial charge in [-0.05, 0) is 30.8 Å². The molecule has 0 aliphatic carbocycles. The minimum atomic E-state index is -0.126. The standard InChI is InChI=1S/C22H24N4O/c1-2-25-13-15-26(16-14-25)20-11-4-3-10-19(20)24-22(27)18-9-5-7-17-8-6-12-23-21(17)18/h3-12H,2,13-16H2,1H3,(H,24,27). The summed E-state index contributed by atoms with van der Waals surface area (Å²) in [4.78, 5) is 22.2. The number of carbonyl (C=O) groups is 1. The fraction of sp³-hybridized carbons (Fsp3) is 0.273. The van der Waals surface area contributed by atoms with E-state index >= 15 is 0 Å². The van der Waals surface area contributed by atoms with E-state index in [4.69, 9.17) is 0 Å². The summed E-state index contributed by atoms with van der Waals surface area (Å²) < 4.78 is 0. The SMILES string of the molecule is CCN1CCN(c2ccccc2NC(=O)c2cccc3cccnc23)CC1. The van der Waals surface area contributed by atoms with Crippen LogP contribution in [-0.2, 0) is 0 Å². The number of nitrogens with zero attached hydrogens (tertiary/aromatic N) is 3. The van der Waals surface area contributed by atoms with Crippen LogP contribution < -0.4 is 10.2 Å². The number of pyridine rings is 1. The highest BCUT2D eigenvalue weighted by Gasteiger charge is 2.19. The van der Waals surface area contributed by atoms with Gasteiger partial charge < -0.3 is 15.1 Å². The van der Waals surface area contributed by atoms with Crippen molar-refractivity contribution in [2.75, 3.05) is 42.9 Å². The molecule has 0 radical (unpaired) electrons. The van der Waals surface area contributed by atoms with Gasteiger partial charge in [-0.2, -0.15) is 0 Å². The first-order valence-corrected chi connectivity index (χ1v) is 9.47. The molecule has 5 nitrogen and oxygen atoms in total. The van der Waals surface area contributed by atoms with Crippen LogP contribution in [0.5, 0.6) is 0 Å². The Morgan fingerprint density at radius 3 is 2.59 bits per heavy atom. The Labute approximate surface area is 159 Å². The van der Waals surface area contributed by atoms with E-state index < -0.39 is 0 Å². The van der Waals surface area contributed by atoms with Crippen molar-refractivity contribution in [3.05, 3.63) is 66.4 Å².